The van der Waals surface area contributed by atoms with E-state index in [1.54, 1.807) is 6.08 Å². The quantitative estimate of drug-likeness (QED) is 0.548. The lowest BCUT2D eigenvalue weighted by Gasteiger charge is -2.32. The molecule has 1 N–H and O–H groups in total. The molecule has 186 valence electrons. The molecule has 2 aromatic carbocycles. The number of piperidine rings is 1. The minimum atomic E-state index is -0.0331. The third-order valence-corrected chi connectivity index (χ3v) is 7.58. The number of likely N-dealkylation sites (tertiary alicyclic amines) is 1. The smallest absolute Gasteiger partial charge is 0.246 e. The summed E-state index contributed by atoms with van der Waals surface area (Å²) < 4.78 is 0. The van der Waals surface area contributed by atoms with Gasteiger partial charge in [-0.05, 0) is 55.5 Å². The summed E-state index contributed by atoms with van der Waals surface area (Å²) in [5.74, 6) is 0.0883. The van der Waals surface area contributed by atoms with Crippen LogP contribution in [-0.4, -0.2) is 47.8 Å². The second-order valence-electron chi connectivity index (χ2n) is 10.0. The Morgan fingerprint density at radius 2 is 1.57 bits per heavy atom. The molecule has 0 unspecified atom stereocenters. The maximum atomic E-state index is 12.9. The zero-order chi connectivity index (χ0) is 24.5. The first kappa shape index (κ1) is 25.2. The summed E-state index contributed by atoms with van der Waals surface area (Å²) in [6.07, 6.45) is 11.5. The molecule has 0 aromatic heterocycles. The Labute approximate surface area is 210 Å². The van der Waals surface area contributed by atoms with Gasteiger partial charge in [0.1, 0.15) is 0 Å². The SMILES string of the molecule is CN(Cc1ccccc1CNC(=O)C1CCN(C(=O)/C=C/c2ccccc2)CC1)C1CCCCC1. The van der Waals surface area contributed by atoms with Crippen LogP contribution in [0.5, 0.6) is 0 Å². The predicted octanol–water partition coefficient (Wildman–Crippen LogP) is 5.02. The highest BCUT2D eigenvalue weighted by Gasteiger charge is 2.26. The molecule has 1 aliphatic heterocycles. The fraction of sp³-hybridized carbons (Fsp3) is 0.467. The molecule has 35 heavy (non-hydrogen) atoms. The minimum Gasteiger partial charge on any atom is -0.352 e. The largest absolute Gasteiger partial charge is 0.352 e. The van der Waals surface area contributed by atoms with Gasteiger partial charge in [-0.3, -0.25) is 14.5 Å². The van der Waals surface area contributed by atoms with Crippen LogP contribution >= 0.6 is 0 Å². The second-order valence-corrected chi connectivity index (χ2v) is 10.0. The van der Waals surface area contributed by atoms with E-state index in [4.69, 9.17) is 0 Å². The summed E-state index contributed by atoms with van der Waals surface area (Å²) in [4.78, 5) is 29.8. The van der Waals surface area contributed by atoms with Gasteiger partial charge in [0, 0.05) is 44.2 Å². The van der Waals surface area contributed by atoms with Crippen molar-refractivity contribution in [2.75, 3.05) is 20.1 Å². The molecule has 0 radical (unpaired) electrons. The number of hydrogen-bond acceptors (Lipinski definition) is 3. The van der Waals surface area contributed by atoms with E-state index in [0.29, 0.717) is 38.5 Å². The van der Waals surface area contributed by atoms with Gasteiger partial charge in [0.05, 0.1) is 0 Å². The van der Waals surface area contributed by atoms with Gasteiger partial charge in [-0.25, -0.2) is 0 Å². The van der Waals surface area contributed by atoms with Gasteiger partial charge in [-0.15, -0.1) is 0 Å². The fourth-order valence-corrected chi connectivity index (χ4v) is 5.33. The average molecular weight is 474 g/mol. The molecular weight excluding hydrogens is 434 g/mol. The van der Waals surface area contributed by atoms with Crippen molar-refractivity contribution >= 4 is 17.9 Å². The number of nitrogens with zero attached hydrogens (tertiary/aromatic N) is 2. The molecule has 2 amide bonds. The van der Waals surface area contributed by atoms with E-state index in [1.165, 1.54) is 43.2 Å². The van der Waals surface area contributed by atoms with Gasteiger partial charge >= 0.3 is 0 Å². The molecule has 0 spiro atoms. The third kappa shape index (κ3) is 7.28. The molecule has 0 atom stereocenters. The van der Waals surface area contributed by atoms with Crippen molar-refractivity contribution in [1.29, 1.82) is 0 Å². The minimum absolute atomic E-state index is 0.0173. The first-order chi connectivity index (χ1) is 17.1. The number of carbonyl (C=O) groups is 2. The average Bonchev–Trinajstić information content (AvgIpc) is 2.92. The normalized spacial score (nSPS) is 17.7. The fourth-order valence-electron chi connectivity index (χ4n) is 5.33. The molecule has 2 aliphatic rings. The van der Waals surface area contributed by atoms with E-state index in [1.807, 2.05) is 41.3 Å². The second kappa shape index (κ2) is 12.7. The Kier molecular flexibility index (Phi) is 9.13. The summed E-state index contributed by atoms with van der Waals surface area (Å²) in [5, 5.41) is 3.18. The summed E-state index contributed by atoms with van der Waals surface area (Å²) in [6.45, 7) is 2.73. The van der Waals surface area contributed by atoms with Crippen LogP contribution in [0.25, 0.3) is 6.08 Å². The molecular formula is C30H39N3O2. The maximum absolute atomic E-state index is 12.9. The van der Waals surface area contributed by atoms with Crippen LogP contribution in [0.4, 0.5) is 0 Å². The number of nitrogens with one attached hydrogen (secondary N) is 1. The molecule has 1 saturated carbocycles. The standard InChI is InChI=1S/C30H39N3O2/c1-32(28-14-6-3-7-15-28)23-27-13-9-8-12-26(27)22-31-30(35)25-18-20-33(21-19-25)29(34)17-16-24-10-4-2-5-11-24/h2,4-5,8-13,16-17,25,28H,3,6-7,14-15,18-23H2,1H3,(H,31,35)/b17-16+. The Morgan fingerprint density at radius 1 is 0.914 bits per heavy atom. The monoisotopic (exact) mass is 473 g/mol. The van der Waals surface area contributed by atoms with E-state index in [0.717, 1.165) is 12.1 Å². The van der Waals surface area contributed by atoms with Gasteiger partial charge in [0.25, 0.3) is 0 Å². The number of carbonyl (C=O) groups excluding carboxylic acids is 2. The first-order valence-corrected chi connectivity index (χ1v) is 13.2. The Hall–Kier alpha value is -2.92. The van der Waals surface area contributed by atoms with Crippen molar-refractivity contribution in [2.24, 2.45) is 5.92 Å². The number of benzene rings is 2. The van der Waals surface area contributed by atoms with Crippen LogP contribution in [0.15, 0.2) is 60.7 Å². The summed E-state index contributed by atoms with van der Waals surface area (Å²) in [6, 6.07) is 19.0. The van der Waals surface area contributed by atoms with E-state index >= 15 is 0 Å². The van der Waals surface area contributed by atoms with Crippen LogP contribution in [0.1, 0.15) is 61.6 Å². The first-order valence-electron chi connectivity index (χ1n) is 13.2. The van der Waals surface area contributed by atoms with Crippen molar-refractivity contribution in [1.82, 2.24) is 15.1 Å². The topological polar surface area (TPSA) is 52.7 Å². The van der Waals surface area contributed by atoms with Crippen molar-refractivity contribution in [3.63, 3.8) is 0 Å². The van der Waals surface area contributed by atoms with Gasteiger partial charge in [0.2, 0.25) is 11.8 Å². The van der Waals surface area contributed by atoms with Crippen molar-refractivity contribution in [3.8, 4) is 0 Å². The van der Waals surface area contributed by atoms with E-state index in [-0.39, 0.29) is 17.7 Å². The molecule has 1 aliphatic carbocycles. The van der Waals surface area contributed by atoms with Crippen molar-refractivity contribution in [2.45, 2.75) is 64.1 Å². The van der Waals surface area contributed by atoms with E-state index in [9.17, 15) is 9.59 Å². The van der Waals surface area contributed by atoms with Crippen molar-refractivity contribution in [3.05, 3.63) is 77.4 Å². The molecule has 2 fully saturated rings. The molecule has 2 aromatic rings. The highest BCUT2D eigenvalue weighted by Crippen LogP contribution is 2.24. The number of amides is 2. The van der Waals surface area contributed by atoms with Gasteiger partial charge < -0.3 is 10.2 Å². The predicted molar refractivity (Wildman–Crippen MR) is 141 cm³/mol. The lowest BCUT2D eigenvalue weighted by atomic mass is 9.94. The highest BCUT2D eigenvalue weighted by molar-refractivity contribution is 5.92. The van der Waals surface area contributed by atoms with Gasteiger partial charge in [0.15, 0.2) is 0 Å². The van der Waals surface area contributed by atoms with Crippen LogP contribution in [-0.2, 0) is 22.7 Å². The summed E-state index contributed by atoms with van der Waals surface area (Å²) >= 11 is 0. The molecule has 4 rings (SSSR count). The van der Waals surface area contributed by atoms with Crippen LogP contribution < -0.4 is 5.32 Å². The molecule has 0 bridgehead atoms. The Bertz CT molecular complexity index is 990. The van der Waals surface area contributed by atoms with Crippen LogP contribution in [0.2, 0.25) is 0 Å². The number of hydrogen-bond donors (Lipinski definition) is 1. The van der Waals surface area contributed by atoms with E-state index < -0.39 is 0 Å². The molecule has 5 nitrogen and oxygen atoms in total. The zero-order valence-corrected chi connectivity index (χ0v) is 21.0. The zero-order valence-electron chi connectivity index (χ0n) is 21.0. The van der Waals surface area contributed by atoms with Crippen LogP contribution in [0.3, 0.4) is 0 Å². The highest BCUT2D eigenvalue weighted by atomic mass is 16.2. The molecule has 1 saturated heterocycles. The lowest BCUT2D eigenvalue weighted by molar-refractivity contribution is -0.132. The third-order valence-electron chi connectivity index (χ3n) is 7.58. The van der Waals surface area contributed by atoms with Gasteiger partial charge in [-0.1, -0.05) is 73.9 Å². The maximum Gasteiger partial charge on any atom is 0.246 e. The van der Waals surface area contributed by atoms with Crippen molar-refractivity contribution < 1.29 is 9.59 Å². The van der Waals surface area contributed by atoms with E-state index in [2.05, 4.69) is 41.5 Å². The Morgan fingerprint density at radius 3 is 2.29 bits per heavy atom. The lowest BCUT2D eigenvalue weighted by Crippen LogP contribution is -2.42. The van der Waals surface area contributed by atoms with Crippen LogP contribution in [0, 0.1) is 5.92 Å². The summed E-state index contributed by atoms with van der Waals surface area (Å²) in [7, 11) is 2.23. The molecule has 1 heterocycles. The molecule has 5 heteroatoms. The Balaban J connectivity index is 1.24. The van der Waals surface area contributed by atoms with Gasteiger partial charge in [-0.2, -0.15) is 0 Å². The summed E-state index contributed by atoms with van der Waals surface area (Å²) in [5.41, 5.74) is 3.51. The number of rotatable bonds is 8.